The molecule has 0 atom stereocenters. The highest BCUT2D eigenvalue weighted by atomic mass is 32.1. The van der Waals surface area contributed by atoms with Gasteiger partial charge in [0.15, 0.2) is 16.6 Å². The molecule has 0 saturated heterocycles. The lowest BCUT2D eigenvalue weighted by molar-refractivity contribution is 0.324. The zero-order chi connectivity index (χ0) is 13.8. The van der Waals surface area contributed by atoms with Gasteiger partial charge in [0.2, 0.25) is 5.75 Å². The third-order valence-electron chi connectivity index (χ3n) is 2.67. The summed E-state index contributed by atoms with van der Waals surface area (Å²) >= 11 is 1.56. The Kier molecular flexibility index (Phi) is 4.11. The number of hydrogen-bond acceptors (Lipinski definition) is 6. The lowest BCUT2D eigenvalue weighted by atomic mass is 10.1. The summed E-state index contributed by atoms with van der Waals surface area (Å²) in [5.41, 5.74) is 0.980. The molecule has 0 saturated carbocycles. The van der Waals surface area contributed by atoms with E-state index in [1.54, 1.807) is 32.7 Å². The molecule has 0 fully saturated rings. The maximum absolute atomic E-state index is 5.34. The van der Waals surface area contributed by atoms with Crippen molar-refractivity contribution >= 4 is 16.5 Å². The molecule has 1 aromatic carbocycles. The first-order valence-corrected chi connectivity index (χ1v) is 6.49. The normalized spacial score (nSPS) is 10.1. The van der Waals surface area contributed by atoms with E-state index in [2.05, 4.69) is 10.3 Å². The predicted octanol–water partition coefficient (Wildman–Crippen LogP) is 2.88. The molecule has 1 N–H and O–H groups in total. The second-order valence-corrected chi connectivity index (χ2v) is 4.72. The highest BCUT2D eigenvalue weighted by Crippen LogP contribution is 2.42. The molecule has 0 bridgehead atoms. The zero-order valence-corrected chi connectivity index (χ0v) is 12.1. The van der Waals surface area contributed by atoms with Crippen molar-refractivity contribution in [1.29, 1.82) is 0 Å². The summed E-state index contributed by atoms with van der Waals surface area (Å²) in [5.74, 6) is 1.86. The smallest absolute Gasteiger partial charge is 0.203 e. The fraction of sp³-hybridized carbons (Fsp3) is 0.308. The Bertz CT molecular complexity index is 544. The Labute approximate surface area is 116 Å². The second kappa shape index (κ2) is 5.79. The lowest BCUT2D eigenvalue weighted by Crippen LogP contribution is -1.95. The van der Waals surface area contributed by atoms with Crippen molar-refractivity contribution in [3.05, 3.63) is 18.3 Å². The van der Waals surface area contributed by atoms with E-state index in [-0.39, 0.29) is 0 Å². The van der Waals surface area contributed by atoms with Crippen LogP contribution < -0.4 is 19.5 Å². The molecule has 0 aliphatic rings. The summed E-state index contributed by atoms with van der Waals surface area (Å²) in [4.78, 5) is 5.29. The van der Waals surface area contributed by atoms with Crippen LogP contribution in [0.15, 0.2) is 18.3 Å². The van der Waals surface area contributed by atoms with Crippen LogP contribution in [0.2, 0.25) is 0 Å². The van der Waals surface area contributed by atoms with Gasteiger partial charge in [0, 0.05) is 18.8 Å². The van der Waals surface area contributed by atoms with E-state index >= 15 is 0 Å². The monoisotopic (exact) mass is 280 g/mol. The average Bonchev–Trinajstić information content (AvgIpc) is 2.94. The molecule has 102 valence electrons. The Morgan fingerprint density at radius 3 is 2.11 bits per heavy atom. The third-order valence-corrected chi connectivity index (χ3v) is 3.73. The van der Waals surface area contributed by atoms with Gasteiger partial charge in [-0.1, -0.05) is 11.3 Å². The molecular weight excluding hydrogens is 264 g/mol. The van der Waals surface area contributed by atoms with Gasteiger partial charge >= 0.3 is 0 Å². The predicted molar refractivity (Wildman–Crippen MR) is 76.8 cm³/mol. The number of aromatic nitrogens is 1. The highest BCUT2D eigenvalue weighted by molar-refractivity contribution is 7.18. The number of nitrogens with zero attached hydrogens (tertiary/aromatic N) is 1. The van der Waals surface area contributed by atoms with E-state index in [0.29, 0.717) is 17.2 Å². The lowest BCUT2D eigenvalue weighted by Gasteiger charge is -2.13. The summed E-state index contributed by atoms with van der Waals surface area (Å²) in [6, 6.07) is 3.82. The van der Waals surface area contributed by atoms with Crippen LogP contribution in [0.25, 0.3) is 10.4 Å². The van der Waals surface area contributed by atoms with Crippen LogP contribution in [-0.4, -0.2) is 33.4 Å². The molecule has 5 nitrogen and oxygen atoms in total. The van der Waals surface area contributed by atoms with Crippen molar-refractivity contribution in [3.8, 4) is 27.7 Å². The van der Waals surface area contributed by atoms with Gasteiger partial charge in [-0.15, -0.1) is 0 Å². The summed E-state index contributed by atoms with van der Waals surface area (Å²) < 4.78 is 16.0. The molecule has 6 heteroatoms. The van der Waals surface area contributed by atoms with E-state index < -0.39 is 0 Å². The van der Waals surface area contributed by atoms with Crippen LogP contribution in [0.3, 0.4) is 0 Å². The van der Waals surface area contributed by atoms with E-state index in [4.69, 9.17) is 14.2 Å². The molecule has 1 heterocycles. The molecule has 0 radical (unpaired) electrons. The molecule has 0 aliphatic heterocycles. The number of rotatable bonds is 5. The number of nitrogens with one attached hydrogen (secondary N) is 1. The minimum Gasteiger partial charge on any atom is -0.493 e. The van der Waals surface area contributed by atoms with Gasteiger partial charge in [0.05, 0.1) is 26.2 Å². The summed E-state index contributed by atoms with van der Waals surface area (Å²) in [5, 5.41) is 3.88. The zero-order valence-electron chi connectivity index (χ0n) is 11.3. The van der Waals surface area contributed by atoms with Crippen molar-refractivity contribution in [2.24, 2.45) is 0 Å². The standard InChI is InChI=1S/C13H16N2O3S/c1-14-13-15-7-11(19-13)8-5-9(16-2)12(18-4)10(6-8)17-3/h5-7H,1-4H3,(H,14,15). The van der Waals surface area contributed by atoms with Crippen LogP contribution in [-0.2, 0) is 0 Å². The maximum atomic E-state index is 5.34. The Hall–Kier alpha value is -1.95. The van der Waals surface area contributed by atoms with Crippen molar-refractivity contribution < 1.29 is 14.2 Å². The van der Waals surface area contributed by atoms with Gasteiger partial charge in [-0.2, -0.15) is 0 Å². The Morgan fingerprint density at radius 2 is 1.68 bits per heavy atom. The van der Waals surface area contributed by atoms with Crippen LogP contribution in [0.5, 0.6) is 17.2 Å². The van der Waals surface area contributed by atoms with E-state index in [9.17, 15) is 0 Å². The fourth-order valence-electron chi connectivity index (χ4n) is 1.75. The molecule has 0 unspecified atom stereocenters. The maximum Gasteiger partial charge on any atom is 0.203 e. The molecule has 2 rings (SSSR count). The third kappa shape index (κ3) is 2.58. The minimum absolute atomic E-state index is 0.590. The first kappa shape index (κ1) is 13.5. The number of thiazole rings is 1. The van der Waals surface area contributed by atoms with Gasteiger partial charge < -0.3 is 19.5 Å². The number of ether oxygens (including phenoxy) is 3. The summed E-state index contributed by atoms with van der Waals surface area (Å²) in [7, 11) is 6.64. The van der Waals surface area contributed by atoms with Crippen LogP contribution >= 0.6 is 11.3 Å². The van der Waals surface area contributed by atoms with Crippen LogP contribution in [0.4, 0.5) is 5.13 Å². The quantitative estimate of drug-likeness (QED) is 0.912. The van der Waals surface area contributed by atoms with Crippen molar-refractivity contribution in [3.63, 3.8) is 0 Å². The number of anilines is 1. The Balaban J connectivity index is 2.51. The van der Waals surface area contributed by atoms with Crippen molar-refractivity contribution in [2.45, 2.75) is 0 Å². The molecule has 1 aromatic heterocycles. The molecule has 0 amide bonds. The fourth-order valence-corrected chi connectivity index (χ4v) is 2.50. The largest absolute Gasteiger partial charge is 0.493 e. The number of benzene rings is 1. The minimum atomic E-state index is 0.590. The van der Waals surface area contributed by atoms with E-state index in [0.717, 1.165) is 15.6 Å². The van der Waals surface area contributed by atoms with Gasteiger partial charge in [-0.25, -0.2) is 4.98 Å². The van der Waals surface area contributed by atoms with Crippen LogP contribution in [0, 0.1) is 0 Å². The topological polar surface area (TPSA) is 52.6 Å². The van der Waals surface area contributed by atoms with Crippen LogP contribution in [0.1, 0.15) is 0 Å². The molecule has 2 aromatic rings. The summed E-state index contributed by atoms with van der Waals surface area (Å²) in [6.45, 7) is 0. The van der Waals surface area contributed by atoms with Gasteiger partial charge in [0.25, 0.3) is 0 Å². The SMILES string of the molecule is CNc1ncc(-c2cc(OC)c(OC)c(OC)c2)s1. The Morgan fingerprint density at radius 1 is 1.05 bits per heavy atom. The van der Waals surface area contributed by atoms with Gasteiger partial charge in [-0.3, -0.25) is 0 Å². The highest BCUT2D eigenvalue weighted by Gasteiger charge is 2.15. The first-order chi connectivity index (χ1) is 9.23. The van der Waals surface area contributed by atoms with Crippen molar-refractivity contribution in [1.82, 2.24) is 4.98 Å². The molecular formula is C13H16N2O3S. The molecule has 0 spiro atoms. The number of hydrogen-bond donors (Lipinski definition) is 1. The molecule has 19 heavy (non-hydrogen) atoms. The van der Waals surface area contributed by atoms with E-state index in [1.165, 1.54) is 0 Å². The summed E-state index contributed by atoms with van der Waals surface area (Å²) in [6.07, 6.45) is 1.82. The van der Waals surface area contributed by atoms with Gasteiger partial charge in [0.1, 0.15) is 0 Å². The first-order valence-electron chi connectivity index (χ1n) is 5.67. The van der Waals surface area contributed by atoms with Crippen molar-refractivity contribution in [2.75, 3.05) is 33.7 Å². The average molecular weight is 280 g/mol. The van der Waals surface area contributed by atoms with Gasteiger partial charge in [-0.05, 0) is 12.1 Å². The molecule has 0 aliphatic carbocycles. The van der Waals surface area contributed by atoms with E-state index in [1.807, 2.05) is 25.4 Å². The second-order valence-electron chi connectivity index (χ2n) is 3.69. The number of methoxy groups -OCH3 is 3.